The van der Waals surface area contributed by atoms with Crippen molar-refractivity contribution >= 4 is 34.9 Å². The summed E-state index contributed by atoms with van der Waals surface area (Å²) in [5.41, 5.74) is 2.95. The van der Waals surface area contributed by atoms with Gasteiger partial charge in [-0.3, -0.25) is 0 Å². The first kappa shape index (κ1) is 13.8. The number of H-pyrrole nitrogens is 1. The summed E-state index contributed by atoms with van der Waals surface area (Å²) in [6.07, 6.45) is 0. The predicted molar refractivity (Wildman–Crippen MR) is 82.3 cm³/mol. The van der Waals surface area contributed by atoms with Crippen molar-refractivity contribution in [3.63, 3.8) is 0 Å². The van der Waals surface area contributed by atoms with Gasteiger partial charge < -0.3 is 9.55 Å². The van der Waals surface area contributed by atoms with E-state index >= 15 is 0 Å². The number of halogens is 2. The third-order valence-electron chi connectivity index (χ3n) is 3.24. The SMILES string of the molecule is N#Cc1ccc(Cn2c(=S)[nH]c3cc(F)c(Cl)cc32)cc1. The van der Waals surface area contributed by atoms with Crippen LogP contribution in [0.15, 0.2) is 36.4 Å². The Morgan fingerprint density at radius 2 is 2.00 bits per heavy atom. The number of nitrogens with one attached hydrogen (secondary N) is 1. The molecule has 0 fully saturated rings. The highest BCUT2D eigenvalue weighted by molar-refractivity contribution is 7.71. The zero-order chi connectivity index (χ0) is 15.0. The molecule has 0 aliphatic rings. The van der Waals surface area contributed by atoms with E-state index in [4.69, 9.17) is 29.1 Å². The van der Waals surface area contributed by atoms with Crippen LogP contribution in [0.2, 0.25) is 5.02 Å². The third kappa shape index (κ3) is 2.56. The fourth-order valence-electron chi connectivity index (χ4n) is 2.18. The molecule has 0 saturated heterocycles. The van der Waals surface area contributed by atoms with Gasteiger partial charge in [-0.25, -0.2) is 4.39 Å². The number of rotatable bonds is 2. The second-order valence-electron chi connectivity index (χ2n) is 4.61. The minimum absolute atomic E-state index is 0.0603. The molecular weight excluding hydrogens is 309 g/mol. The molecule has 0 bridgehead atoms. The van der Waals surface area contributed by atoms with Crippen LogP contribution in [0.4, 0.5) is 4.39 Å². The Bertz CT molecular complexity index is 919. The highest BCUT2D eigenvalue weighted by atomic mass is 35.5. The van der Waals surface area contributed by atoms with Gasteiger partial charge >= 0.3 is 0 Å². The highest BCUT2D eigenvalue weighted by Gasteiger charge is 2.09. The van der Waals surface area contributed by atoms with Crippen molar-refractivity contribution in [3.05, 3.63) is 63.1 Å². The lowest BCUT2D eigenvalue weighted by atomic mass is 10.1. The summed E-state index contributed by atoms with van der Waals surface area (Å²) < 4.78 is 15.8. The van der Waals surface area contributed by atoms with Gasteiger partial charge in [0.15, 0.2) is 4.77 Å². The third-order valence-corrected chi connectivity index (χ3v) is 3.85. The molecule has 3 nitrogen and oxygen atoms in total. The standard InChI is InChI=1S/C15H9ClFN3S/c16-11-5-14-13(6-12(11)17)19-15(21)20(14)8-10-3-1-9(7-18)2-4-10/h1-6H,8H2,(H,19,21). The second-order valence-corrected chi connectivity index (χ2v) is 5.40. The Kier molecular flexibility index (Phi) is 3.50. The van der Waals surface area contributed by atoms with Crippen LogP contribution in [0.1, 0.15) is 11.1 Å². The molecular formula is C15H9ClFN3S. The number of nitrogens with zero attached hydrogens (tertiary/aromatic N) is 2. The molecule has 0 saturated carbocycles. The fraction of sp³-hybridized carbons (Fsp3) is 0.0667. The van der Waals surface area contributed by atoms with Crippen LogP contribution in [0.3, 0.4) is 0 Å². The molecule has 0 aliphatic carbocycles. The smallest absolute Gasteiger partial charge is 0.178 e. The van der Waals surface area contributed by atoms with E-state index in [0.717, 1.165) is 11.1 Å². The molecule has 0 aliphatic heterocycles. The van der Waals surface area contributed by atoms with E-state index in [1.54, 1.807) is 18.2 Å². The first-order chi connectivity index (χ1) is 10.1. The molecule has 3 rings (SSSR count). The molecule has 0 radical (unpaired) electrons. The Balaban J connectivity index is 2.07. The predicted octanol–water partition coefficient (Wildman–Crippen LogP) is 4.41. The summed E-state index contributed by atoms with van der Waals surface area (Å²) in [5, 5.41) is 8.86. The topological polar surface area (TPSA) is 44.5 Å². The van der Waals surface area contributed by atoms with E-state index < -0.39 is 5.82 Å². The summed E-state index contributed by atoms with van der Waals surface area (Å²) in [4.78, 5) is 2.96. The van der Waals surface area contributed by atoms with Crippen LogP contribution in [0, 0.1) is 21.9 Å². The lowest BCUT2D eigenvalue weighted by Gasteiger charge is -2.05. The van der Waals surface area contributed by atoms with Crippen LogP contribution >= 0.6 is 23.8 Å². The lowest BCUT2D eigenvalue weighted by Crippen LogP contribution is -1.99. The van der Waals surface area contributed by atoms with E-state index in [1.165, 1.54) is 6.07 Å². The number of hydrogen-bond donors (Lipinski definition) is 1. The largest absolute Gasteiger partial charge is 0.330 e. The van der Waals surface area contributed by atoms with Crippen molar-refractivity contribution in [2.75, 3.05) is 0 Å². The summed E-state index contributed by atoms with van der Waals surface area (Å²) in [6.45, 7) is 0.520. The van der Waals surface area contributed by atoms with Gasteiger partial charge in [0.25, 0.3) is 0 Å². The average molecular weight is 318 g/mol. The van der Waals surface area contributed by atoms with Gasteiger partial charge in [0.1, 0.15) is 5.82 Å². The van der Waals surface area contributed by atoms with Gasteiger partial charge in [-0.1, -0.05) is 23.7 Å². The molecule has 3 aromatic rings. The van der Waals surface area contributed by atoms with Crippen molar-refractivity contribution in [1.29, 1.82) is 5.26 Å². The molecule has 0 unspecified atom stereocenters. The number of fused-ring (bicyclic) bond motifs is 1. The Morgan fingerprint density at radius 3 is 2.67 bits per heavy atom. The highest BCUT2D eigenvalue weighted by Crippen LogP contribution is 2.23. The molecule has 6 heteroatoms. The Hall–Kier alpha value is -2.16. The fourth-order valence-corrected chi connectivity index (χ4v) is 2.61. The van der Waals surface area contributed by atoms with E-state index in [0.29, 0.717) is 22.4 Å². The summed E-state index contributed by atoms with van der Waals surface area (Å²) in [6, 6.07) is 12.2. The Labute approximate surface area is 130 Å². The normalized spacial score (nSPS) is 10.7. The van der Waals surface area contributed by atoms with Gasteiger partial charge in [0.05, 0.1) is 34.2 Å². The van der Waals surface area contributed by atoms with Crippen LogP contribution in [-0.2, 0) is 6.54 Å². The summed E-state index contributed by atoms with van der Waals surface area (Å²) in [5.74, 6) is -0.481. The van der Waals surface area contributed by atoms with Crippen molar-refractivity contribution in [3.8, 4) is 6.07 Å². The van der Waals surface area contributed by atoms with E-state index in [1.807, 2.05) is 16.7 Å². The maximum absolute atomic E-state index is 13.5. The van der Waals surface area contributed by atoms with Gasteiger partial charge in [0, 0.05) is 6.07 Å². The Morgan fingerprint density at radius 1 is 1.29 bits per heavy atom. The maximum Gasteiger partial charge on any atom is 0.178 e. The minimum Gasteiger partial charge on any atom is -0.330 e. The van der Waals surface area contributed by atoms with E-state index in [2.05, 4.69) is 11.1 Å². The lowest BCUT2D eigenvalue weighted by molar-refractivity contribution is 0.629. The quantitative estimate of drug-likeness (QED) is 0.711. The number of hydrogen-bond acceptors (Lipinski definition) is 2. The minimum atomic E-state index is -0.481. The number of nitriles is 1. The monoisotopic (exact) mass is 317 g/mol. The zero-order valence-corrected chi connectivity index (χ0v) is 12.3. The van der Waals surface area contributed by atoms with Crippen molar-refractivity contribution in [2.45, 2.75) is 6.54 Å². The summed E-state index contributed by atoms with van der Waals surface area (Å²) in [7, 11) is 0. The molecule has 0 spiro atoms. The summed E-state index contributed by atoms with van der Waals surface area (Å²) >= 11 is 11.1. The van der Waals surface area contributed by atoms with E-state index in [-0.39, 0.29) is 5.02 Å². The molecule has 0 atom stereocenters. The molecule has 0 amide bonds. The molecule has 1 N–H and O–H groups in total. The molecule has 21 heavy (non-hydrogen) atoms. The molecule has 104 valence electrons. The van der Waals surface area contributed by atoms with Crippen LogP contribution in [-0.4, -0.2) is 9.55 Å². The number of aromatic nitrogens is 2. The molecule has 2 aromatic carbocycles. The van der Waals surface area contributed by atoms with Crippen molar-refractivity contribution < 1.29 is 4.39 Å². The van der Waals surface area contributed by atoms with Crippen LogP contribution < -0.4 is 0 Å². The van der Waals surface area contributed by atoms with Crippen molar-refractivity contribution in [1.82, 2.24) is 9.55 Å². The molecule has 1 heterocycles. The van der Waals surface area contributed by atoms with Gasteiger partial charge in [0.2, 0.25) is 0 Å². The number of benzene rings is 2. The van der Waals surface area contributed by atoms with Crippen LogP contribution in [0.25, 0.3) is 11.0 Å². The van der Waals surface area contributed by atoms with Gasteiger partial charge in [-0.05, 0) is 36.0 Å². The zero-order valence-electron chi connectivity index (χ0n) is 10.7. The second kappa shape index (κ2) is 5.32. The number of aromatic amines is 1. The van der Waals surface area contributed by atoms with Gasteiger partial charge in [-0.15, -0.1) is 0 Å². The number of imidazole rings is 1. The van der Waals surface area contributed by atoms with Crippen molar-refractivity contribution in [2.24, 2.45) is 0 Å². The van der Waals surface area contributed by atoms with Gasteiger partial charge in [-0.2, -0.15) is 5.26 Å². The molecule has 1 aromatic heterocycles. The van der Waals surface area contributed by atoms with Crippen LogP contribution in [0.5, 0.6) is 0 Å². The van der Waals surface area contributed by atoms with E-state index in [9.17, 15) is 4.39 Å². The maximum atomic E-state index is 13.5. The first-order valence-electron chi connectivity index (χ1n) is 6.15. The average Bonchev–Trinajstić information content (AvgIpc) is 2.76. The first-order valence-corrected chi connectivity index (χ1v) is 6.93.